The smallest absolute Gasteiger partial charge is 0.247 e. The molecule has 0 spiro atoms. The zero-order chi connectivity index (χ0) is 15.6. The van der Waals surface area contributed by atoms with E-state index in [2.05, 4.69) is 52.6 Å². The second kappa shape index (κ2) is 5.53. The van der Waals surface area contributed by atoms with Crippen LogP contribution in [0, 0.1) is 6.92 Å². The first kappa shape index (κ1) is 13.5. The summed E-state index contributed by atoms with van der Waals surface area (Å²) in [7, 11) is 0. The summed E-state index contributed by atoms with van der Waals surface area (Å²) >= 11 is 0. The predicted molar refractivity (Wildman–Crippen MR) is 87.0 cm³/mol. The van der Waals surface area contributed by atoms with Crippen LogP contribution in [0.1, 0.15) is 5.56 Å². The zero-order valence-electron chi connectivity index (χ0n) is 12.5. The van der Waals surface area contributed by atoms with Gasteiger partial charge < -0.3 is 4.42 Å². The molecule has 0 amide bonds. The first-order chi connectivity index (χ1) is 11.3. The molecule has 23 heavy (non-hydrogen) atoms. The Bertz CT molecular complexity index is 910. The van der Waals surface area contributed by atoms with Gasteiger partial charge in [0.25, 0.3) is 0 Å². The Morgan fingerprint density at radius 3 is 2.52 bits per heavy atom. The molecule has 5 heteroatoms. The van der Waals surface area contributed by atoms with E-state index >= 15 is 0 Å². The largest absolute Gasteiger partial charge is 0.423 e. The lowest BCUT2D eigenvalue weighted by atomic mass is 10.0. The molecule has 0 aliphatic rings. The monoisotopic (exact) mass is 302 g/mol. The summed E-state index contributed by atoms with van der Waals surface area (Å²) in [4.78, 5) is 0. The average molecular weight is 302 g/mol. The quantitative estimate of drug-likeness (QED) is 0.576. The van der Waals surface area contributed by atoms with Crippen LogP contribution >= 0.6 is 0 Å². The molecule has 0 radical (unpaired) electrons. The number of benzene rings is 2. The summed E-state index contributed by atoms with van der Waals surface area (Å²) in [6, 6.07) is 16.3. The van der Waals surface area contributed by atoms with Gasteiger partial charge in [0.2, 0.25) is 12.3 Å². The normalized spacial score (nSPS) is 10.8. The Morgan fingerprint density at radius 2 is 1.83 bits per heavy atom. The van der Waals surface area contributed by atoms with Crippen LogP contribution in [0.5, 0.6) is 0 Å². The molecule has 0 N–H and O–H groups in total. The molecule has 5 nitrogen and oxygen atoms in total. The van der Waals surface area contributed by atoms with Crippen LogP contribution in [-0.2, 0) is 0 Å². The fraction of sp³-hybridized carbons (Fsp3) is 0.0556. The first-order valence-corrected chi connectivity index (χ1v) is 7.29. The highest BCUT2D eigenvalue weighted by molar-refractivity contribution is 5.75. The molecule has 2 heterocycles. The highest BCUT2D eigenvalue weighted by atomic mass is 16.4. The van der Waals surface area contributed by atoms with Gasteiger partial charge in [0.15, 0.2) is 0 Å². The van der Waals surface area contributed by atoms with Crippen LogP contribution < -0.4 is 0 Å². The van der Waals surface area contributed by atoms with E-state index < -0.39 is 0 Å². The second-order valence-electron chi connectivity index (χ2n) is 5.29. The Morgan fingerprint density at radius 1 is 1.00 bits per heavy atom. The van der Waals surface area contributed by atoms with Crippen LogP contribution in [0.2, 0.25) is 0 Å². The molecule has 4 rings (SSSR count). The van der Waals surface area contributed by atoms with E-state index in [9.17, 15) is 0 Å². The Balaban J connectivity index is 1.79. The van der Waals surface area contributed by atoms with E-state index in [4.69, 9.17) is 4.42 Å². The van der Waals surface area contributed by atoms with E-state index in [0.717, 1.165) is 22.4 Å². The number of rotatable bonds is 3. The lowest BCUT2D eigenvalue weighted by Crippen LogP contribution is -1.98. The van der Waals surface area contributed by atoms with Crippen molar-refractivity contribution >= 4 is 0 Å². The van der Waals surface area contributed by atoms with Crippen LogP contribution in [-0.4, -0.2) is 20.0 Å². The molecule has 0 aliphatic carbocycles. The molecule has 0 atom stereocenters. The summed E-state index contributed by atoms with van der Waals surface area (Å²) in [5.74, 6) is 0.521. The van der Waals surface area contributed by atoms with Gasteiger partial charge in [0, 0.05) is 23.5 Å². The first-order valence-electron chi connectivity index (χ1n) is 7.29. The third-order valence-electron chi connectivity index (χ3n) is 3.71. The number of nitrogens with zero attached hydrogens (tertiary/aromatic N) is 4. The van der Waals surface area contributed by atoms with E-state index in [-0.39, 0.29) is 0 Å². The van der Waals surface area contributed by atoms with Gasteiger partial charge in [0.1, 0.15) is 0 Å². The molecule has 0 bridgehead atoms. The van der Waals surface area contributed by atoms with Crippen LogP contribution in [0.3, 0.4) is 0 Å². The Kier molecular flexibility index (Phi) is 3.24. The van der Waals surface area contributed by atoms with Gasteiger partial charge in [-0.05, 0) is 42.3 Å². The molecule has 0 saturated carbocycles. The molecular formula is C18H14N4O. The fourth-order valence-electron chi connectivity index (χ4n) is 2.58. The van der Waals surface area contributed by atoms with E-state index in [1.165, 1.54) is 12.0 Å². The SMILES string of the molecule is Cc1ccc(-c2ccc(-c3nnco3)cc2)c(-n2cccn2)c1. The molecular weight excluding hydrogens is 288 g/mol. The van der Waals surface area contributed by atoms with Crippen molar-refractivity contribution in [1.82, 2.24) is 20.0 Å². The standard InChI is InChI=1S/C18H14N4O/c1-13-3-8-16(17(11-13)22-10-2-9-20-22)14-4-6-15(7-5-14)18-21-19-12-23-18/h2-12H,1H3. The van der Waals surface area contributed by atoms with Gasteiger partial charge in [-0.3, -0.25) is 0 Å². The molecule has 0 saturated heterocycles. The molecule has 112 valence electrons. The minimum Gasteiger partial charge on any atom is -0.423 e. The van der Waals surface area contributed by atoms with Crippen molar-refractivity contribution in [1.29, 1.82) is 0 Å². The van der Waals surface area contributed by atoms with Gasteiger partial charge in [0.05, 0.1) is 5.69 Å². The third kappa shape index (κ3) is 2.53. The van der Waals surface area contributed by atoms with E-state index in [1.54, 1.807) is 6.20 Å². The van der Waals surface area contributed by atoms with Crippen molar-refractivity contribution in [3.63, 3.8) is 0 Å². The van der Waals surface area contributed by atoms with Crippen molar-refractivity contribution in [3.05, 3.63) is 72.9 Å². The molecule has 4 aromatic rings. The van der Waals surface area contributed by atoms with Crippen molar-refractivity contribution in [2.24, 2.45) is 0 Å². The van der Waals surface area contributed by atoms with Crippen molar-refractivity contribution in [2.45, 2.75) is 6.92 Å². The molecule has 2 aromatic heterocycles. The molecule has 2 aromatic carbocycles. The van der Waals surface area contributed by atoms with E-state index in [1.807, 2.05) is 29.1 Å². The van der Waals surface area contributed by atoms with Crippen LogP contribution in [0.15, 0.2) is 71.7 Å². The Hall–Kier alpha value is -3.21. The van der Waals surface area contributed by atoms with Crippen LogP contribution in [0.25, 0.3) is 28.3 Å². The maximum atomic E-state index is 5.23. The number of hydrogen-bond acceptors (Lipinski definition) is 4. The lowest BCUT2D eigenvalue weighted by Gasteiger charge is -2.11. The van der Waals surface area contributed by atoms with E-state index in [0.29, 0.717) is 5.89 Å². The predicted octanol–water partition coefficient (Wildman–Crippen LogP) is 3.90. The number of aryl methyl sites for hydroxylation is 1. The fourth-order valence-corrected chi connectivity index (χ4v) is 2.58. The summed E-state index contributed by atoms with van der Waals surface area (Å²) in [5.41, 5.74) is 5.39. The maximum Gasteiger partial charge on any atom is 0.247 e. The van der Waals surface area contributed by atoms with Gasteiger partial charge in [-0.2, -0.15) is 5.10 Å². The lowest BCUT2D eigenvalue weighted by molar-refractivity contribution is 0.568. The Labute approximate surface area is 133 Å². The van der Waals surface area contributed by atoms with Gasteiger partial charge >= 0.3 is 0 Å². The summed E-state index contributed by atoms with van der Waals surface area (Å²) in [6.45, 7) is 2.08. The van der Waals surface area contributed by atoms with Gasteiger partial charge in [-0.25, -0.2) is 4.68 Å². The van der Waals surface area contributed by atoms with Crippen molar-refractivity contribution < 1.29 is 4.42 Å². The van der Waals surface area contributed by atoms with Crippen LogP contribution in [0.4, 0.5) is 0 Å². The summed E-state index contributed by atoms with van der Waals surface area (Å²) < 4.78 is 7.11. The number of aromatic nitrogens is 4. The topological polar surface area (TPSA) is 56.7 Å². The molecule has 0 fully saturated rings. The number of hydrogen-bond donors (Lipinski definition) is 0. The van der Waals surface area contributed by atoms with Gasteiger partial charge in [-0.1, -0.05) is 24.3 Å². The summed E-state index contributed by atoms with van der Waals surface area (Å²) in [6.07, 6.45) is 5.06. The highest BCUT2D eigenvalue weighted by Crippen LogP contribution is 2.29. The minimum absolute atomic E-state index is 0.521. The molecule has 0 aliphatic heterocycles. The van der Waals surface area contributed by atoms with Crippen molar-refractivity contribution in [3.8, 4) is 28.3 Å². The summed E-state index contributed by atoms with van der Waals surface area (Å²) in [5, 5.41) is 12.0. The molecule has 0 unspecified atom stereocenters. The maximum absolute atomic E-state index is 5.23. The minimum atomic E-state index is 0.521. The third-order valence-corrected chi connectivity index (χ3v) is 3.71. The second-order valence-corrected chi connectivity index (χ2v) is 5.29. The highest BCUT2D eigenvalue weighted by Gasteiger charge is 2.09. The zero-order valence-corrected chi connectivity index (χ0v) is 12.5. The average Bonchev–Trinajstić information content (AvgIpc) is 3.29. The van der Waals surface area contributed by atoms with Gasteiger partial charge in [-0.15, -0.1) is 10.2 Å². The van der Waals surface area contributed by atoms with Crippen molar-refractivity contribution in [2.75, 3.05) is 0 Å².